The van der Waals surface area contributed by atoms with E-state index in [1.54, 1.807) is 16.8 Å². The zero-order chi connectivity index (χ0) is 29.8. The van der Waals surface area contributed by atoms with Gasteiger partial charge in [0, 0.05) is 32.6 Å². The molecule has 3 heterocycles. The SMILES string of the molecule is Cc1ccc(Cc2nc(N3CCCN(C(=O)COCc4ccccc4)CC3)c3c(C)nn(-c4ccc(F)cc4)c3n2)cc1. The fourth-order valence-corrected chi connectivity index (χ4v) is 5.46. The van der Waals surface area contributed by atoms with Crippen molar-refractivity contribution in [3.05, 3.63) is 113 Å². The molecule has 9 heteroatoms. The molecule has 0 saturated carbocycles. The lowest BCUT2D eigenvalue weighted by Gasteiger charge is -2.24. The largest absolute Gasteiger partial charge is 0.367 e. The molecule has 1 aliphatic heterocycles. The molecule has 0 N–H and O–H groups in total. The normalized spacial score (nSPS) is 13.8. The summed E-state index contributed by atoms with van der Waals surface area (Å²) in [4.78, 5) is 27.2. The lowest BCUT2D eigenvalue weighted by Crippen LogP contribution is -2.37. The highest BCUT2D eigenvalue weighted by Gasteiger charge is 2.25. The summed E-state index contributed by atoms with van der Waals surface area (Å²) in [5.41, 5.74) is 5.56. The highest BCUT2D eigenvalue weighted by atomic mass is 19.1. The average Bonchev–Trinajstić information content (AvgIpc) is 3.17. The first kappa shape index (κ1) is 28.5. The number of benzene rings is 3. The Morgan fingerprint density at radius 2 is 1.63 bits per heavy atom. The van der Waals surface area contributed by atoms with E-state index in [0.29, 0.717) is 44.1 Å². The number of fused-ring (bicyclic) bond motifs is 1. The van der Waals surface area contributed by atoms with Gasteiger partial charge < -0.3 is 14.5 Å². The van der Waals surface area contributed by atoms with Crippen molar-refractivity contribution in [2.45, 2.75) is 33.3 Å². The van der Waals surface area contributed by atoms with Crippen LogP contribution in [0.15, 0.2) is 78.9 Å². The van der Waals surface area contributed by atoms with Crippen LogP contribution in [-0.2, 0) is 22.6 Å². The van der Waals surface area contributed by atoms with Crippen molar-refractivity contribution in [2.75, 3.05) is 37.7 Å². The van der Waals surface area contributed by atoms with Crippen molar-refractivity contribution in [1.82, 2.24) is 24.6 Å². The minimum absolute atomic E-state index is 0.00835. The van der Waals surface area contributed by atoms with E-state index < -0.39 is 0 Å². The molecule has 0 bridgehead atoms. The lowest BCUT2D eigenvalue weighted by molar-refractivity contribution is -0.136. The number of hydrogen-bond acceptors (Lipinski definition) is 6. The first-order chi connectivity index (χ1) is 20.9. The van der Waals surface area contributed by atoms with Crippen LogP contribution in [-0.4, -0.2) is 63.3 Å². The second-order valence-electron chi connectivity index (χ2n) is 11.0. The number of amides is 1. The summed E-state index contributed by atoms with van der Waals surface area (Å²) in [6.07, 6.45) is 1.36. The van der Waals surface area contributed by atoms with Crippen LogP contribution >= 0.6 is 0 Å². The second kappa shape index (κ2) is 12.7. The first-order valence-corrected chi connectivity index (χ1v) is 14.7. The van der Waals surface area contributed by atoms with E-state index in [-0.39, 0.29) is 18.3 Å². The number of nitrogens with zero attached hydrogens (tertiary/aromatic N) is 6. The quantitative estimate of drug-likeness (QED) is 0.245. The number of aryl methyl sites for hydroxylation is 2. The van der Waals surface area contributed by atoms with Crippen LogP contribution in [0.4, 0.5) is 10.2 Å². The van der Waals surface area contributed by atoms with E-state index in [0.717, 1.165) is 46.7 Å². The summed E-state index contributed by atoms with van der Waals surface area (Å²) < 4.78 is 21.2. The van der Waals surface area contributed by atoms with Gasteiger partial charge in [0.1, 0.15) is 24.1 Å². The van der Waals surface area contributed by atoms with Gasteiger partial charge in [-0.15, -0.1) is 0 Å². The highest BCUT2D eigenvalue weighted by Crippen LogP contribution is 2.30. The van der Waals surface area contributed by atoms with Crippen molar-refractivity contribution in [3.8, 4) is 5.69 Å². The Morgan fingerprint density at radius 3 is 2.40 bits per heavy atom. The predicted molar refractivity (Wildman–Crippen MR) is 165 cm³/mol. The Labute approximate surface area is 250 Å². The molecular formula is C34H35FN6O2. The van der Waals surface area contributed by atoms with Gasteiger partial charge in [0.15, 0.2) is 5.65 Å². The Morgan fingerprint density at radius 1 is 0.860 bits per heavy atom. The number of anilines is 1. The van der Waals surface area contributed by atoms with Crippen molar-refractivity contribution in [1.29, 1.82) is 0 Å². The van der Waals surface area contributed by atoms with Gasteiger partial charge in [-0.1, -0.05) is 60.2 Å². The molecule has 1 fully saturated rings. The van der Waals surface area contributed by atoms with Crippen LogP contribution in [0.25, 0.3) is 16.7 Å². The number of halogens is 1. The monoisotopic (exact) mass is 578 g/mol. The third kappa shape index (κ3) is 6.57. The van der Waals surface area contributed by atoms with E-state index in [1.807, 2.05) is 42.2 Å². The molecule has 0 atom stereocenters. The molecule has 3 aromatic carbocycles. The zero-order valence-corrected chi connectivity index (χ0v) is 24.5. The van der Waals surface area contributed by atoms with Crippen LogP contribution in [0.1, 0.15) is 34.6 Å². The van der Waals surface area contributed by atoms with Crippen LogP contribution in [0, 0.1) is 19.7 Å². The number of aromatic nitrogens is 4. The second-order valence-corrected chi connectivity index (χ2v) is 11.0. The van der Waals surface area contributed by atoms with Crippen molar-refractivity contribution in [3.63, 3.8) is 0 Å². The van der Waals surface area contributed by atoms with Gasteiger partial charge in [-0.3, -0.25) is 4.79 Å². The molecule has 6 rings (SSSR count). The van der Waals surface area contributed by atoms with Crippen LogP contribution < -0.4 is 4.90 Å². The summed E-state index contributed by atoms with van der Waals surface area (Å²) in [6, 6.07) is 24.5. The van der Waals surface area contributed by atoms with Crippen LogP contribution in [0.3, 0.4) is 0 Å². The summed E-state index contributed by atoms with van der Waals surface area (Å²) >= 11 is 0. The van der Waals surface area contributed by atoms with E-state index in [2.05, 4.69) is 36.1 Å². The van der Waals surface area contributed by atoms with Gasteiger partial charge >= 0.3 is 0 Å². The van der Waals surface area contributed by atoms with Crippen molar-refractivity contribution >= 4 is 22.8 Å². The molecule has 5 aromatic rings. The number of hydrogen-bond donors (Lipinski definition) is 0. The van der Waals surface area contributed by atoms with E-state index in [9.17, 15) is 9.18 Å². The molecular weight excluding hydrogens is 543 g/mol. The highest BCUT2D eigenvalue weighted by molar-refractivity contribution is 5.91. The predicted octanol–water partition coefficient (Wildman–Crippen LogP) is 5.42. The third-order valence-electron chi connectivity index (χ3n) is 7.77. The van der Waals surface area contributed by atoms with Gasteiger partial charge in [0.25, 0.3) is 0 Å². The topological polar surface area (TPSA) is 76.4 Å². The molecule has 0 spiro atoms. The van der Waals surface area contributed by atoms with E-state index in [1.165, 1.54) is 17.7 Å². The number of rotatable bonds is 8. The fraction of sp³-hybridized carbons (Fsp3) is 0.294. The van der Waals surface area contributed by atoms with Crippen LogP contribution in [0.5, 0.6) is 0 Å². The zero-order valence-electron chi connectivity index (χ0n) is 24.5. The molecule has 0 unspecified atom stereocenters. The Kier molecular flexibility index (Phi) is 8.42. The third-order valence-corrected chi connectivity index (χ3v) is 7.77. The molecule has 220 valence electrons. The van der Waals surface area contributed by atoms with Crippen molar-refractivity contribution in [2.24, 2.45) is 0 Å². The van der Waals surface area contributed by atoms with Crippen LogP contribution in [0.2, 0.25) is 0 Å². The number of ether oxygens (including phenoxy) is 1. The molecule has 43 heavy (non-hydrogen) atoms. The summed E-state index contributed by atoms with van der Waals surface area (Å²) in [7, 11) is 0. The molecule has 1 amide bonds. The fourth-order valence-electron chi connectivity index (χ4n) is 5.46. The van der Waals surface area contributed by atoms with Gasteiger partial charge in [0.2, 0.25) is 5.91 Å². The summed E-state index contributed by atoms with van der Waals surface area (Å²) in [6.45, 7) is 7.07. The van der Waals surface area contributed by atoms with Gasteiger partial charge in [-0.05, 0) is 55.7 Å². The average molecular weight is 579 g/mol. The molecule has 1 aliphatic rings. The van der Waals surface area contributed by atoms with E-state index in [4.69, 9.17) is 19.8 Å². The van der Waals surface area contributed by atoms with Gasteiger partial charge in [-0.25, -0.2) is 19.0 Å². The number of carbonyl (C=O) groups is 1. The maximum atomic E-state index is 13.7. The Bertz CT molecular complexity index is 1700. The minimum Gasteiger partial charge on any atom is -0.367 e. The Balaban J connectivity index is 1.27. The minimum atomic E-state index is -0.304. The van der Waals surface area contributed by atoms with Crippen molar-refractivity contribution < 1.29 is 13.9 Å². The molecule has 2 aromatic heterocycles. The summed E-state index contributed by atoms with van der Waals surface area (Å²) in [5.74, 6) is 1.18. The van der Waals surface area contributed by atoms with E-state index >= 15 is 0 Å². The molecule has 0 radical (unpaired) electrons. The lowest BCUT2D eigenvalue weighted by atomic mass is 10.1. The van der Waals surface area contributed by atoms with Gasteiger partial charge in [0.05, 0.1) is 23.4 Å². The maximum Gasteiger partial charge on any atom is 0.248 e. The maximum absolute atomic E-state index is 13.7. The smallest absolute Gasteiger partial charge is 0.248 e. The Hall–Kier alpha value is -4.63. The first-order valence-electron chi connectivity index (χ1n) is 14.7. The molecule has 0 aliphatic carbocycles. The summed E-state index contributed by atoms with van der Waals surface area (Å²) in [5, 5.41) is 5.68. The molecule has 8 nitrogen and oxygen atoms in total. The van der Waals surface area contributed by atoms with Gasteiger partial charge in [-0.2, -0.15) is 5.10 Å². The number of carbonyl (C=O) groups excluding carboxylic acids is 1. The standard InChI is InChI=1S/C34H35FN6O2/c1-24-9-11-26(12-10-24)21-30-36-33(32-25(2)38-41(34(32)37-30)29-15-13-28(35)14-16-29)40-18-6-17-39(19-20-40)31(42)23-43-22-27-7-4-3-5-8-27/h3-5,7-16H,6,17-23H2,1-2H3. The molecule has 1 saturated heterocycles.